The van der Waals surface area contributed by atoms with Gasteiger partial charge in [-0.25, -0.2) is 0 Å². The van der Waals surface area contributed by atoms with Gasteiger partial charge in [-0.1, -0.05) is 0 Å². The highest BCUT2D eigenvalue weighted by Gasteiger charge is 2.50. The first-order valence-corrected chi connectivity index (χ1v) is 15.0. The molecule has 0 fully saturated rings. The molecule has 0 unspecified atom stereocenters. The van der Waals surface area contributed by atoms with E-state index in [0.29, 0.717) is 0 Å². The summed E-state index contributed by atoms with van der Waals surface area (Å²) in [7, 11) is 13.0. The van der Waals surface area contributed by atoms with Gasteiger partial charge < -0.3 is 61.6 Å². The molecule has 0 spiro atoms. The molecular weight excluding hydrogens is 596 g/mol. The summed E-state index contributed by atoms with van der Waals surface area (Å²) >= 11 is 0. The third-order valence-electron chi connectivity index (χ3n) is 7.14. The lowest BCUT2D eigenvalue weighted by atomic mass is 10.2. The third kappa shape index (κ3) is 5.24. The molecule has 0 heterocycles. The lowest BCUT2D eigenvalue weighted by Crippen LogP contribution is -2.68. The van der Waals surface area contributed by atoms with Crippen LogP contribution in [0.4, 0.5) is 0 Å². The molecule has 3 rings (SSSR count). The van der Waals surface area contributed by atoms with Gasteiger partial charge in [-0.15, -0.1) is 0 Å². The molecule has 0 aliphatic rings. The summed E-state index contributed by atoms with van der Waals surface area (Å²) < 4.78 is 69.0. The van der Waals surface area contributed by atoms with Crippen LogP contribution in [0.1, 0.15) is 0 Å². The van der Waals surface area contributed by atoms with Gasteiger partial charge in [-0.3, -0.25) is 0 Å². The van der Waals surface area contributed by atoms with E-state index in [1.165, 1.54) is 85.3 Å². The monoisotopic (exact) mass is 636 g/mol. The van der Waals surface area contributed by atoms with Gasteiger partial charge in [0.15, 0.2) is 34.5 Å². The lowest BCUT2D eigenvalue weighted by Gasteiger charge is -2.33. The molecule has 44 heavy (non-hydrogen) atoms. The van der Waals surface area contributed by atoms with Crippen LogP contribution in [0.5, 0.6) is 69.0 Å². The topological polar surface area (TPSA) is 131 Å². The first-order valence-electron chi connectivity index (χ1n) is 13.1. The summed E-state index contributed by atoms with van der Waals surface area (Å²) in [4.78, 5) is 13.6. The molecule has 0 saturated heterocycles. The molecule has 1 N–H and O–H groups in total. The summed E-state index contributed by atoms with van der Waals surface area (Å²) in [5, 5.41) is 0.777. The van der Waals surface area contributed by atoms with E-state index in [2.05, 4.69) is 0 Å². The molecule has 13 nitrogen and oxygen atoms in total. The Kier molecular flexibility index (Phi) is 11.0. The van der Waals surface area contributed by atoms with Crippen molar-refractivity contribution in [2.24, 2.45) is 0 Å². The van der Waals surface area contributed by atoms with Crippen LogP contribution >= 0.6 is 0 Å². The first-order chi connectivity index (χ1) is 21.2. The minimum absolute atomic E-state index is 0.158. The molecule has 0 atom stereocenters. The maximum atomic E-state index is 13.6. The Morgan fingerprint density at radius 2 is 0.523 bits per heavy atom. The summed E-state index contributed by atoms with van der Waals surface area (Å²) in [6, 6.07) is 4.83. The summed E-state index contributed by atoms with van der Waals surface area (Å²) in [5.41, 5.74) is 0. The van der Waals surface area contributed by atoms with Crippen molar-refractivity contribution in [1.29, 1.82) is 0 Å². The van der Waals surface area contributed by atoms with E-state index in [-0.39, 0.29) is 84.6 Å². The predicted molar refractivity (Wildman–Crippen MR) is 165 cm³/mol. The largest absolute Gasteiger partial charge is 0.493 e. The van der Waals surface area contributed by atoms with Crippen LogP contribution in [-0.4, -0.2) is 98.4 Å². The zero-order valence-electron chi connectivity index (χ0n) is 27.1. The fourth-order valence-corrected chi connectivity index (χ4v) is 8.76. The molecule has 0 saturated carbocycles. The molecule has 3 aromatic carbocycles. The minimum atomic E-state index is -4.49. The molecule has 0 bridgehead atoms. The highest BCUT2D eigenvalue weighted by atomic mass is 28.4. The standard InChI is InChI=1S/C30H40O13Si/c1-32-16-13-19(25(38-7)28(41-10)22(16)35-4)44(31,20-14-17(33-2)23(36-5)29(42-11)26(20)39-8)21-15-18(34-3)24(37-6)30(43-12)27(21)40-9/h13-15,31H,1-12H3. The van der Waals surface area contributed by atoms with Crippen LogP contribution in [-0.2, 0) is 0 Å². The Morgan fingerprint density at radius 1 is 0.318 bits per heavy atom. The fraction of sp³-hybridized carbons (Fsp3) is 0.400. The number of benzene rings is 3. The maximum absolute atomic E-state index is 13.6. The molecule has 0 aliphatic carbocycles. The molecule has 242 valence electrons. The quantitative estimate of drug-likeness (QED) is 0.192. The van der Waals surface area contributed by atoms with E-state index < -0.39 is 8.32 Å². The Bertz CT molecular complexity index is 1300. The number of ether oxygens (including phenoxy) is 12. The molecule has 0 amide bonds. The second-order valence-corrected chi connectivity index (χ2v) is 11.9. The van der Waals surface area contributed by atoms with Gasteiger partial charge in [0.05, 0.1) is 85.3 Å². The van der Waals surface area contributed by atoms with Crippen molar-refractivity contribution in [2.45, 2.75) is 0 Å². The third-order valence-corrected chi connectivity index (χ3v) is 10.6. The molecular formula is C30H40O13Si. The minimum Gasteiger partial charge on any atom is -0.493 e. The van der Waals surface area contributed by atoms with Crippen LogP contribution in [0.2, 0.25) is 0 Å². The number of hydrogen-bond donors (Lipinski definition) is 1. The molecule has 14 heteroatoms. The van der Waals surface area contributed by atoms with E-state index in [9.17, 15) is 4.80 Å². The Hall–Kier alpha value is -4.56. The van der Waals surface area contributed by atoms with Crippen LogP contribution in [0.15, 0.2) is 18.2 Å². The van der Waals surface area contributed by atoms with Crippen molar-refractivity contribution in [2.75, 3.05) is 85.3 Å². The maximum Gasteiger partial charge on any atom is 0.297 e. The van der Waals surface area contributed by atoms with Crippen molar-refractivity contribution in [1.82, 2.24) is 0 Å². The van der Waals surface area contributed by atoms with E-state index in [4.69, 9.17) is 56.8 Å². The smallest absolute Gasteiger partial charge is 0.297 e. The van der Waals surface area contributed by atoms with Crippen molar-refractivity contribution in [3.63, 3.8) is 0 Å². The SMILES string of the molecule is COc1cc([Si](O)(c2cc(OC)c(OC)c(OC)c2OC)c2cc(OC)c(OC)c(OC)c2OC)c(OC)c(OC)c1OC. The van der Waals surface area contributed by atoms with Gasteiger partial charge in [0.1, 0.15) is 0 Å². The normalized spacial score (nSPS) is 10.8. The molecule has 0 radical (unpaired) electrons. The van der Waals surface area contributed by atoms with Crippen molar-refractivity contribution in [3.05, 3.63) is 18.2 Å². The zero-order chi connectivity index (χ0) is 32.8. The van der Waals surface area contributed by atoms with E-state index in [1.54, 1.807) is 18.2 Å². The Morgan fingerprint density at radius 3 is 0.682 bits per heavy atom. The van der Waals surface area contributed by atoms with Gasteiger partial charge >= 0.3 is 0 Å². The summed E-state index contributed by atoms with van der Waals surface area (Å²) in [6.45, 7) is 0. The average molecular weight is 637 g/mol. The number of rotatable bonds is 15. The van der Waals surface area contributed by atoms with Gasteiger partial charge in [0.2, 0.25) is 34.5 Å². The van der Waals surface area contributed by atoms with Crippen molar-refractivity contribution >= 4 is 23.9 Å². The molecule has 3 aromatic rings. The molecule has 0 aromatic heterocycles. The van der Waals surface area contributed by atoms with E-state index in [0.717, 1.165) is 0 Å². The second-order valence-electron chi connectivity index (χ2n) is 8.89. The Labute approximate surface area is 258 Å². The fourth-order valence-electron chi connectivity index (χ4n) is 5.24. The van der Waals surface area contributed by atoms with Crippen LogP contribution in [0, 0.1) is 0 Å². The lowest BCUT2D eigenvalue weighted by molar-refractivity contribution is 0.305. The van der Waals surface area contributed by atoms with Gasteiger partial charge in [0, 0.05) is 15.6 Å². The summed E-state index contributed by atoms with van der Waals surface area (Å²) in [5.74, 6) is 2.51. The highest BCUT2D eigenvalue weighted by molar-refractivity contribution is 7.07. The Balaban J connectivity index is 2.81. The zero-order valence-corrected chi connectivity index (χ0v) is 28.1. The van der Waals surface area contributed by atoms with Gasteiger partial charge in [-0.2, -0.15) is 0 Å². The van der Waals surface area contributed by atoms with Crippen molar-refractivity contribution in [3.8, 4) is 69.0 Å². The average Bonchev–Trinajstić information content (AvgIpc) is 3.07. The molecule has 0 aliphatic heterocycles. The summed E-state index contributed by atoms with van der Waals surface area (Å²) in [6.07, 6.45) is 0. The van der Waals surface area contributed by atoms with Gasteiger partial charge in [-0.05, 0) is 18.2 Å². The van der Waals surface area contributed by atoms with E-state index in [1.807, 2.05) is 0 Å². The van der Waals surface area contributed by atoms with Crippen LogP contribution < -0.4 is 72.4 Å². The van der Waals surface area contributed by atoms with Crippen LogP contribution in [0.3, 0.4) is 0 Å². The highest BCUT2D eigenvalue weighted by Crippen LogP contribution is 2.49. The van der Waals surface area contributed by atoms with Crippen LogP contribution in [0.25, 0.3) is 0 Å². The number of hydrogen-bond acceptors (Lipinski definition) is 13. The van der Waals surface area contributed by atoms with Crippen molar-refractivity contribution < 1.29 is 61.6 Å². The number of methoxy groups -OCH3 is 12. The predicted octanol–water partition coefficient (Wildman–Crippen LogP) is 1.75. The van der Waals surface area contributed by atoms with E-state index >= 15 is 0 Å². The second kappa shape index (κ2) is 14.3. The first kappa shape index (κ1) is 33.9. The van der Waals surface area contributed by atoms with Gasteiger partial charge in [0.25, 0.3) is 8.32 Å².